The maximum absolute atomic E-state index is 11.6. The Morgan fingerprint density at radius 1 is 1.57 bits per heavy atom. The second-order valence-corrected chi connectivity index (χ2v) is 3.31. The van der Waals surface area contributed by atoms with Crippen molar-refractivity contribution in [2.45, 2.75) is 26.8 Å². The van der Waals surface area contributed by atoms with Crippen LogP contribution in [0.4, 0.5) is 5.69 Å². The summed E-state index contributed by atoms with van der Waals surface area (Å²) in [5.74, 6) is 0. The van der Waals surface area contributed by atoms with Crippen LogP contribution in [-0.4, -0.2) is 16.3 Å². The zero-order valence-electron chi connectivity index (χ0n) is 8.38. The normalized spacial score (nSPS) is 10.2. The molecule has 5 heteroatoms. The lowest BCUT2D eigenvalue weighted by molar-refractivity contribution is 0.568. The van der Waals surface area contributed by atoms with Crippen LogP contribution in [0.3, 0.4) is 0 Å². The molecule has 0 fully saturated rings. The number of halogens is 1. The standard InChI is InChI=1S/C9H14ClN3O/c1-3-5-13-9(14)8(10)7(6-12-13)11-4-2/h6,11H,3-5H2,1-2H3. The number of hydrogen-bond acceptors (Lipinski definition) is 3. The summed E-state index contributed by atoms with van der Waals surface area (Å²) >= 11 is 5.88. The Bertz CT molecular complexity index is 362. The molecule has 0 aliphatic heterocycles. The molecule has 0 radical (unpaired) electrons. The molecule has 4 nitrogen and oxygen atoms in total. The summed E-state index contributed by atoms with van der Waals surface area (Å²) in [4.78, 5) is 11.6. The summed E-state index contributed by atoms with van der Waals surface area (Å²) in [7, 11) is 0. The van der Waals surface area contributed by atoms with E-state index in [-0.39, 0.29) is 10.6 Å². The van der Waals surface area contributed by atoms with Gasteiger partial charge in [-0.05, 0) is 13.3 Å². The quantitative estimate of drug-likeness (QED) is 0.832. The highest BCUT2D eigenvalue weighted by Gasteiger charge is 2.07. The Hall–Kier alpha value is -1.03. The van der Waals surface area contributed by atoms with E-state index in [0.717, 1.165) is 13.0 Å². The first-order valence-electron chi connectivity index (χ1n) is 4.70. The molecule has 0 saturated carbocycles. The molecule has 1 heterocycles. The third-order valence-corrected chi connectivity index (χ3v) is 2.15. The van der Waals surface area contributed by atoms with Gasteiger partial charge in [0.1, 0.15) is 5.02 Å². The van der Waals surface area contributed by atoms with E-state index >= 15 is 0 Å². The fourth-order valence-corrected chi connectivity index (χ4v) is 1.36. The van der Waals surface area contributed by atoms with E-state index in [1.807, 2.05) is 13.8 Å². The maximum atomic E-state index is 11.6. The number of hydrogen-bond donors (Lipinski definition) is 1. The third kappa shape index (κ3) is 2.26. The van der Waals surface area contributed by atoms with Crippen molar-refractivity contribution in [3.63, 3.8) is 0 Å². The lowest BCUT2D eigenvalue weighted by Gasteiger charge is -2.07. The van der Waals surface area contributed by atoms with Crippen LogP contribution in [0.1, 0.15) is 20.3 Å². The SMILES string of the molecule is CCCn1ncc(NCC)c(Cl)c1=O. The second-order valence-electron chi connectivity index (χ2n) is 2.93. The Labute approximate surface area is 87.9 Å². The van der Waals surface area contributed by atoms with Crippen LogP contribution in [0.25, 0.3) is 0 Å². The van der Waals surface area contributed by atoms with E-state index in [4.69, 9.17) is 11.6 Å². The summed E-state index contributed by atoms with van der Waals surface area (Å²) in [6, 6.07) is 0. The molecular formula is C9H14ClN3O. The van der Waals surface area contributed by atoms with Crippen LogP contribution >= 0.6 is 11.6 Å². The fourth-order valence-electron chi connectivity index (χ4n) is 1.15. The van der Waals surface area contributed by atoms with Gasteiger partial charge in [0.15, 0.2) is 0 Å². The van der Waals surface area contributed by atoms with Gasteiger partial charge in [-0.25, -0.2) is 4.68 Å². The number of rotatable bonds is 4. The topological polar surface area (TPSA) is 46.9 Å². The van der Waals surface area contributed by atoms with Crippen molar-refractivity contribution in [2.24, 2.45) is 0 Å². The Morgan fingerprint density at radius 3 is 2.86 bits per heavy atom. The fraction of sp³-hybridized carbons (Fsp3) is 0.556. The molecule has 0 spiro atoms. The summed E-state index contributed by atoms with van der Waals surface area (Å²) in [6.07, 6.45) is 2.45. The molecule has 1 N–H and O–H groups in total. The minimum absolute atomic E-state index is 0.218. The number of nitrogens with one attached hydrogen (secondary N) is 1. The average molecular weight is 216 g/mol. The zero-order chi connectivity index (χ0) is 10.6. The van der Waals surface area contributed by atoms with E-state index in [1.165, 1.54) is 4.68 Å². The molecule has 0 atom stereocenters. The smallest absolute Gasteiger partial charge is 0.287 e. The molecule has 0 saturated heterocycles. The van der Waals surface area contributed by atoms with Gasteiger partial charge in [-0.2, -0.15) is 5.10 Å². The zero-order valence-corrected chi connectivity index (χ0v) is 9.14. The van der Waals surface area contributed by atoms with Crippen molar-refractivity contribution in [3.05, 3.63) is 21.6 Å². The van der Waals surface area contributed by atoms with Crippen LogP contribution < -0.4 is 10.9 Å². The molecule has 1 aromatic heterocycles. The van der Waals surface area contributed by atoms with E-state index in [1.54, 1.807) is 6.20 Å². The van der Waals surface area contributed by atoms with E-state index in [2.05, 4.69) is 10.4 Å². The molecule has 0 aliphatic carbocycles. The molecular weight excluding hydrogens is 202 g/mol. The molecule has 14 heavy (non-hydrogen) atoms. The number of anilines is 1. The molecule has 0 aromatic carbocycles. The predicted octanol–water partition coefficient (Wildman–Crippen LogP) is 1.74. The highest BCUT2D eigenvalue weighted by molar-refractivity contribution is 6.32. The van der Waals surface area contributed by atoms with Crippen LogP contribution in [-0.2, 0) is 6.54 Å². The number of aromatic nitrogens is 2. The molecule has 0 unspecified atom stereocenters. The molecule has 78 valence electrons. The van der Waals surface area contributed by atoms with Crippen LogP contribution in [0.5, 0.6) is 0 Å². The van der Waals surface area contributed by atoms with Gasteiger partial charge >= 0.3 is 0 Å². The van der Waals surface area contributed by atoms with Crippen molar-refractivity contribution >= 4 is 17.3 Å². The van der Waals surface area contributed by atoms with Gasteiger partial charge in [-0.15, -0.1) is 0 Å². The van der Waals surface area contributed by atoms with Crippen molar-refractivity contribution in [3.8, 4) is 0 Å². The largest absolute Gasteiger partial charge is 0.383 e. The van der Waals surface area contributed by atoms with Gasteiger partial charge in [0, 0.05) is 13.1 Å². The summed E-state index contributed by atoms with van der Waals surface area (Å²) in [5, 5.41) is 7.20. The molecule has 0 aliphatic rings. The maximum Gasteiger partial charge on any atom is 0.287 e. The van der Waals surface area contributed by atoms with Gasteiger partial charge in [0.25, 0.3) is 5.56 Å². The van der Waals surface area contributed by atoms with Gasteiger partial charge in [0.2, 0.25) is 0 Å². The Morgan fingerprint density at radius 2 is 2.29 bits per heavy atom. The molecule has 1 rings (SSSR count). The first kappa shape index (κ1) is 11.0. The molecule has 0 bridgehead atoms. The predicted molar refractivity (Wildman–Crippen MR) is 58.0 cm³/mol. The highest BCUT2D eigenvalue weighted by Crippen LogP contribution is 2.14. The monoisotopic (exact) mass is 215 g/mol. The summed E-state index contributed by atoms with van der Waals surface area (Å²) < 4.78 is 1.38. The summed E-state index contributed by atoms with van der Waals surface area (Å²) in [6.45, 7) is 5.25. The van der Waals surface area contributed by atoms with Crippen LogP contribution in [0.2, 0.25) is 5.02 Å². The minimum atomic E-state index is -0.230. The van der Waals surface area contributed by atoms with E-state index < -0.39 is 0 Å². The molecule has 0 amide bonds. The Balaban J connectivity index is 3.06. The third-order valence-electron chi connectivity index (χ3n) is 1.79. The lowest BCUT2D eigenvalue weighted by Crippen LogP contribution is -2.24. The lowest BCUT2D eigenvalue weighted by atomic mass is 10.4. The van der Waals surface area contributed by atoms with E-state index in [0.29, 0.717) is 12.2 Å². The van der Waals surface area contributed by atoms with Crippen LogP contribution in [0, 0.1) is 0 Å². The van der Waals surface area contributed by atoms with Crippen LogP contribution in [0.15, 0.2) is 11.0 Å². The average Bonchev–Trinajstić information content (AvgIpc) is 2.18. The van der Waals surface area contributed by atoms with E-state index in [9.17, 15) is 4.79 Å². The molecule has 1 aromatic rings. The first-order valence-corrected chi connectivity index (χ1v) is 5.08. The Kier molecular flexibility index (Phi) is 3.95. The first-order chi connectivity index (χ1) is 6.70. The van der Waals surface area contributed by atoms with Gasteiger partial charge in [-0.1, -0.05) is 18.5 Å². The number of aryl methyl sites for hydroxylation is 1. The summed E-state index contributed by atoms with van der Waals surface area (Å²) in [5.41, 5.74) is 0.374. The van der Waals surface area contributed by atoms with Gasteiger partial charge in [-0.3, -0.25) is 4.79 Å². The van der Waals surface area contributed by atoms with Crippen molar-refractivity contribution in [1.29, 1.82) is 0 Å². The minimum Gasteiger partial charge on any atom is -0.383 e. The van der Waals surface area contributed by atoms with Gasteiger partial charge < -0.3 is 5.32 Å². The second kappa shape index (κ2) is 5.00. The number of nitrogens with zero attached hydrogens (tertiary/aromatic N) is 2. The van der Waals surface area contributed by atoms with Gasteiger partial charge in [0.05, 0.1) is 11.9 Å². The highest BCUT2D eigenvalue weighted by atomic mass is 35.5. The van der Waals surface area contributed by atoms with Crippen molar-refractivity contribution in [1.82, 2.24) is 9.78 Å². The van der Waals surface area contributed by atoms with Crippen molar-refractivity contribution < 1.29 is 0 Å². The van der Waals surface area contributed by atoms with Crippen molar-refractivity contribution in [2.75, 3.05) is 11.9 Å².